The predicted octanol–water partition coefficient (Wildman–Crippen LogP) is 28.8. The molecule has 0 spiro atoms. The summed E-state index contributed by atoms with van der Waals surface area (Å²) < 4.78 is 390. The molecule has 0 radical (unpaired) electrons. The van der Waals surface area contributed by atoms with Gasteiger partial charge in [0.25, 0.3) is 0 Å². The zero-order valence-corrected chi connectivity index (χ0v) is 80.8. The smallest absolute Gasteiger partial charge is 0.291 e. The first-order chi connectivity index (χ1) is 67.8. The Hall–Kier alpha value is -11.5. The van der Waals surface area contributed by atoms with Crippen LogP contribution in [0.1, 0.15) is 93.2 Å². The number of unbranched alkanes of at least 4 members (excludes halogenated alkanes) is 2. The highest BCUT2D eigenvalue weighted by Crippen LogP contribution is 2.47. The van der Waals surface area contributed by atoms with Gasteiger partial charge in [-0.1, -0.05) is 101 Å². The molecule has 5 aromatic carbocycles. The van der Waals surface area contributed by atoms with E-state index in [-0.39, 0.29) is 134 Å². The van der Waals surface area contributed by atoms with Crippen molar-refractivity contribution in [1.29, 1.82) is 0 Å². The van der Waals surface area contributed by atoms with Crippen LogP contribution in [0.25, 0.3) is 56.9 Å². The number of benzene rings is 5. The van der Waals surface area contributed by atoms with Crippen LogP contribution in [-0.4, -0.2) is 144 Å². The molecule has 0 atom stereocenters. The molecule has 0 aliphatic carbocycles. The summed E-state index contributed by atoms with van der Waals surface area (Å²) in [6.07, 6.45) is -41.3. The van der Waals surface area contributed by atoms with Crippen LogP contribution in [0.4, 0.5) is 144 Å². The Balaban J connectivity index is 0.000000174. The minimum Gasteiger partial charge on any atom is -0.291 e. The number of anilines is 2. The van der Waals surface area contributed by atoms with Crippen molar-refractivity contribution < 1.29 is 132 Å². The molecule has 146 heavy (non-hydrogen) atoms. The van der Waals surface area contributed by atoms with Gasteiger partial charge < -0.3 is 0 Å². The summed E-state index contributed by atoms with van der Waals surface area (Å²) in [7, 11) is 0. The zero-order chi connectivity index (χ0) is 108. The standard InChI is InChI=1S/C20H19F6N5S2.C16H11F6N5S2.C15H9F6N5S2.C14H6Cl2F6N6.C14H5Cl2F6N5S/c1-3-4-5-6-32-17-27-11(2)7-15(28-17)33-18-29-16(30-31-18)12-8-13(19(21,22)23)10-14(9-12)20(24,25)26;1-7-3-11(24-13(23-7)28-2)29-14-25-12(26-27-14)8-4-9(15(17,18)19)6-10(5-8)16(20,21)22;1-27-12-22-3-2-10(23-12)28-13-24-11(25-26-13)7-4-8(14(16,17)18)6-9(5-7)15(19,20)21;15-8-4-9(16)24-11(23-8)26-12-25-10(27-28-12)5-1-6(13(17,18)19)3-7(2-5)14(20,21)22;15-8-4-9(16)24-11(23-8)28-12-25-10(26-27-12)5-1-6(13(17,18)19)3-7(2-5)14(20,21)22/h7-10H,3-6H2,1-2H3,(H,29,30,31);3-6H,1-2H3,(H,25,26,27);2-6H,1H3,(H,24,25,26);1-4H,(H2,23,24,25,26,27,28);1-4H,(H,25,26,27). The lowest BCUT2D eigenvalue weighted by molar-refractivity contribution is -0.144. The molecule has 0 saturated heterocycles. The summed E-state index contributed by atoms with van der Waals surface area (Å²) in [4.78, 5) is 60.4. The minimum absolute atomic E-state index is 0.00837. The number of hydrogen-bond acceptors (Lipinski definition) is 28. The van der Waals surface area contributed by atoms with Gasteiger partial charge in [0, 0.05) is 63.3 Å². The maximum absolute atomic E-state index is 13.1. The fraction of sp³-hybridized carbons (Fsp3) is 0.241. The summed E-state index contributed by atoms with van der Waals surface area (Å²) >= 11 is 30.8. The van der Waals surface area contributed by atoms with Gasteiger partial charge in [-0.25, -0.2) is 69.8 Å². The molecule has 0 amide bonds. The molecular weight excluding hydrogens is 2250 g/mol. The van der Waals surface area contributed by atoms with E-state index < -0.39 is 129 Å². The van der Waals surface area contributed by atoms with Crippen LogP contribution in [0.3, 0.4) is 0 Å². The van der Waals surface area contributed by atoms with Gasteiger partial charge in [0.05, 0.1) is 55.6 Å². The van der Waals surface area contributed by atoms with Crippen LogP contribution in [0.15, 0.2) is 184 Å². The lowest BCUT2D eigenvalue weighted by atomic mass is 10.0. The van der Waals surface area contributed by atoms with Gasteiger partial charge in [0.1, 0.15) is 35.7 Å². The zero-order valence-electron chi connectivity index (χ0n) is 72.1. The van der Waals surface area contributed by atoms with E-state index in [1.54, 1.807) is 44.6 Å². The first-order valence-corrected chi connectivity index (χ1v) is 47.3. The van der Waals surface area contributed by atoms with E-state index in [2.05, 4.69) is 138 Å². The number of thioether (sulfide) groups is 3. The SMILES string of the molecule is CCCCCSc1nc(C)cc(Sc2n[nH]c(-c3cc(C(F)(F)F)cc(C(F)(F)F)c3)n2)n1.CSc1nc(C)cc(Sc2n[nH]c(-c3cc(C(F)(F)F)cc(C(F)(F)F)c3)n2)n1.CSc1nccc(Sc2n[nH]c(-c3cc(C(F)(F)F)cc(C(F)(F)F)c3)n2)n1.FC(F)(F)c1cc(-c2nc(Nc3nc(Cl)cc(Cl)n3)n[nH]2)cc(C(F)(F)F)c1.FC(F)(F)c1cc(-c2nc(Sc3nc(Cl)cc(Cl)n3)n[nH]2)cc(C(F)(F)F)c1. The molecule has 10 aromatic heterocycles. The van der Waals surface area contributed by atoms with E-state index in [0.717, 1.165) is 72.1 Å². The van der Waals surface area contributed by atoms with Crippen molar-refractivity contribution in [3.63, 3.8) is 0 Å². The molecule has 0 saturated carbocycles. The van der Waals surface area contributed by atoms with Crippen LogP contribution >= 0.6 is 129 Å². The topological polar surface area (TPSA) is 349 Å². The van der Waals surface area contributed by atoms with E-state index in [4.69, 9.17) is 46.4 Å². The number of alkyl halides is 30. The van der Waals surface area contributed by atoms with Gasteiger partial charge in [-0.2, -0.15) is 137 Å². The van der Waals surface area contributed by atoms with Gasteiger partial charge in [-0.15, -0.1) is 25.5 Å². The summed E-state index contributed by atoms with van der Waals surface area (Å²) in [5.74, 6) is -0.780. The maximum atomic E-state index is 13.1. The van der Waals surface area contributed by atoms with Crippen molar-refractivity contribution in [2.24, 2.45) is 0 Å². The van der Waals surface area contributed by atoms with Crippen molar-refractivity contribution >= 4 is 141 Å². The summed E-state index contributed by atoms with van der Waals surface area (Å²) in [5.41, 5.74) is -15.1. The van der Waals surface area contributed by atoms with Crippen molar-refractivity contribution in [2.45, 2.75) is 158 Å². The molecule has 15 aromatic rings. The van der Waals surface area contributed by atoms with Crippen molar-refractivity contribution in [1.82, 2.24) is 126 Å². The Kier molecular flexibility index (Phi) is 36.9. The van der Waals surface area contributed by atoms with E-state index in [1.807, 2.05) is 0 Å². The Morgan fingerprint density at radius 3 is 0.849 bits per heavy atom. The fourth-order valence-corrected chi connectivity index (χ4v) is 16.9. The first-order valence-electron chi connectivity index (χ1n) is 39.1. The third kappa shape index (κ3) is 33.5. The molecule has 15 rings (SSSR count). The number of H-pyrrole nitrogens is 5. The first kappa shape index (κ1) is 115. The number of nitrogens with zero attached hydrogens (tertiary/aromatic N) is 20. The molecule has 0 fully saturated rings. The lowest BCUT2D eigenvalue weighted by Gasteiger charge is -2.13. The predicted molar refractivity (Wildman–Crippen MR) is 472 cm³/mol. The quantitative estimate of drug-likeness (QED) is 0.0121. The lowest BCUT2D eigenvalue weighted by Crippen LogP contribution is -2.11. The van der Waals surface area contributed by atoms with E-state index >= 15 is 0 Å². The van der Waals surface area contributed by atoms with Crippen molar-refractivity contribution in [3.05, 3.63) is 215 Å². The molecule has 0 unspecified atom stereocenters. The second-order valence-electron chi connectivity index (χ2n) is 28.4. The van der Waals surface area contributed by atoms with Crippen molar-refractivity contribution in [2.75, 3.05) is 23.6 Å². The van der Waals surface area contributed by atoms with Crippen LogP contribution < -0.4 is 5.32 Å². The number of halogens is 34. The Morgan fingerprint density at radius 1 is 0.267 bits per heavy atom. The highest BCUT2D eigenvalue weighted by molar-refractivity contribution is 8.00. The molecule has 0 aliphatic rings. The molecule has 0 aliphatic heterocycles. The average molecular weight is 2300 g/mol. The average Bonchev–Trinajstić information content (AvgIpc) is 1.49. The van der Waals surface area contributed by atoms with Gasteiger partial charge in [0.2, 0.25) is 32.5 Å². The largest absolute Gasteiger partial charge is 0.416 e. The fourth-order valence-electron chi connectivity index (χ4n) is 11.2. The molecule has 10 heterocycles. The van der Waals surface area contributed by atoms with E-state index in [9.17, 15) is 132 Å². The number of aromatic amines is 5. The number of aromatic nitrogens is 25. The summed E-state index contributed by atoms with van der Waals surface area (Å²) in [6, 6.07) is 13.3. The summed E-state index contributed by atoms with van der Waals surface area (Å²) in [6.45, 7) is 5.67. The van der Waals surface area contributed by atoms with E-state index in [1.165, 1.54) is 53.6 Å². The minimum atomic E-state index is -4.98. The molecule has 26 nitrogen and oxygen atoms in total. The van der Waals surface area contributed by atoms with Crippen LogP contribution in [0.5, 0.6) is 0 Å². The molecule has 0 bridgehead atoms. The third-order valence-electron chi connectivity index (χ3n) is 17.5. The monoisotopic (exact) mass is 2300 g/mol. The Labute approximate surface area is 846 Å². The molecule has 67 heteroatoms. The second kappa shape index (κ2) is 46.9. The number of rotatable bonds is 22. The maximum Gasteiger partial charge on any atom is 0.416 e. The molecule has 6 N–H and O–H groups in total. The van der Waals surface area contributed by atoms with Crippen molar-refractivity contribution in [3.8, 4) is 56.9 Å². The second-order valence-corrected chi connectivity index (χ2v) is 36.5. The molecule has 776 valence electrons. The van der Waals surface area contributed by atoms with Gasteiger partial charge in [-0.3, -0.25) is 30.8 Å². The highest BCUT2D eigenvalue weighted by atomic mass is 35.5. The van der Waals surface area contributed by atoms with E-state index in [0.29, 0.717) is 103 Å². The summed E-state index contributed by atoms with van der Waals surface area (Å²) in [5, 5.41) is 36.5. The number of hydrogen-bond donors (Lipinski definition) is 6. The number of nitrogens with one attached hydrogen (secondary N) is 6. The van der Waals surface area contributed by atoms with Crippen LogP contribution in [0, 0.1) is 13.8 Å². The normalized spacial score (nSPS) is 12.4. The Morgan fingerprint density at radius 2 is 0.541 bits per heavy atom. The van der Waals surface area contributed by atoms with Gasteiger partial charge in [0.15, 0.2) is 49.7 Å². The van der Waals surface area contributed by atoms with Crippen LogP contribution in [0.2, 0.25) is 20.6 Å². The van der Waals surface area contributed by atoms with Gasteiger partial charge >= 0.3 is 61.8 Å². The highest BCUT2D eigenvalue weighted by Gasteiger charge is 2.44. The third-order valence-corrected chi connectivity index (χ3v) is 23.4. The van der Waals surface area contributed by atoms with Gasteiger partial charge in [-0.05, 0) is 189 Å². The van der Waals surface area contributed by atoms with Crippen LogP contribution in [-0.2, 0) is 61.8 Å². The molecular formula is C79H50Cl4F30N26S7. The Bertz CT molecular complexity index is 6710. The number of aryl methyl sites for hydroxylation is 2.